The molecule has 0 aromatic carbocycles. The summed E-state index contributed by atoms with van der Waals surface area (Å²) in [5, 5.41) is 24.0. The molecule has 7 heteroatoms. The van der Waals surface area contributed by atoms with Gasteiger partial charge in [-0.3, -0.25) is 4.79 Å². The molecule has 0 aliphatic carbocycles. The number of H-pyrrole nitrogens is 1. The lowest BCUT2D eigenvalue weighted by Gasteiger charge is -2.18. The number of tetrazole rings is 1. The Balaban J connectivity index is 2.56. The van der Waals surface area contributed by atoms with Crippen molar-refractivity contribution in [2.45, 2.75) is 19.9 Å². The van der Waals surface area contributed by atoms with Crippen LogP contribution in [0.25, 0.3) is 0 Å². The molecule has 14 heavy (non-hydrogen) atoms. The molecule has 78 valence electrons. The third kappa shape index (κ3) is 2.49. The fraction of sp³-hybridized carbons (Fsp3) is 0.714. The maximum Gasteiger partial charge on any atom is 0.293 e. The molecule has 0 aliphatic rings. The first kappa shape index (κ1) is 10.6. The minimum Gasteiger partial charge on any atom is -0.394 e. The Morgan fingerprint density at radius 1 is 1.64 bits per heavy atom. The first-order valence-electron chi connectivity index (χ1n) is 4.30. The average molecular weight is 199 g/mol. The summed E-state index contributed by atoms with van der Waals surface area (Å²) in [7, 11) is 0. The van der Waals surface area contributed by atoms with E-state index in [-0.39, 0.29) is 24.4 Å². The molecule has 1 unspecified atom stereocenters. The molecule has 0 bridgehead atoms. The van der Waals surface area contributed by atoms with Gasteiger partial charge in [-0.25, -0.2) is 0 Å². The molecule has 1 heterocycles. The number of aliphatic hydroxyl groups excluding tert-OH is 1. The number of nitrogens with one attached hydrogen (secondary N) is 2. The lowest BCUT2D eigenvalue weighted by molar-refractivity contribution is 0.0886. The van der Waals surface area contributed by atoms with Crippen LogP contribution in [-0.2, 0) is 0 Å². The van der Waals surface area contributed by atoms with Gasteiger partial charge in [-0.1, -0.05) is 13.8 Å². The fourth-order valence-electron chi connectivity index (χ4n) is 0.914. The first-order valence-corrected chi connectivity index (χ1v) is 4.30. The highest BCUT2D eigenvalue weighted by Crippen LogP contribution is 2.00. The molecule has 1 aromatic rings. The highest BCUT2D eigenvalue weighted by molar-refractivity contribution is 5.90. The largest absolute Gasteiger partial charge is 0.394 e. The summed E-state index contributed by atoms with van der Waals surface area (Å²) >= 11 is 0. The van der Waals surface area contributed by atoms with E-state index in [2.05, 4.69) is 25.9 Å². The van der Waals surface area contributed by atoms with E-state index in [0.29, 0.717) is 0 Å². The van der Waals surface area contributed by atoms with Crippen molar-refractivity contribution in [1.29, 1.82) is 0 Å². The lowest BCUT2D eigenvalue weighted by atomic mass is 10.1. The summed E-state index contributed by atoms with van der Waals surface area (Å²) in [6.45, 7) is 3.69. The molecule has 0 aliphatic heterocycles. The number of hydrogen-bond donors (Lipinski definition) is 3. The molecule has 3 N–H and O–H groups in total. The summed E-state index contributed by atoms with van der Waals surface area (Å²) in [5.41, 5.74) is 0. The number of hydrogen-bond acceptors (Lipinski definition) is 5. The van der Waals surface area contributed by atoms with Gasteiger partial charge >= 0.3 is 0 Å². The van der Waals surface area contributed by atoms with E-state index in [1.165, 1.54) is 0 Å². The second-order valence-corrected chi connectivity index (χ2v) is 3.24. The van der Waals surface area contributed by atoms with Gasteiger partial charge < -0.3 is 10.4 Å². The molecule has 1 atom stereocenters. The number of aliphatic hydroxyl groups is 1. The van der Waals surface area contributed by atoms with Gasteiger partial charge in [-0.2, -0.15) is 5.21 Å². The summed E-state index contributed by atoms with van der Waals surface area (Å²) in [5.74, 6) is -0.313. The van der Waals surface area contributed by atoms with Crippen molar-refractivity contribution in [2.75, 3.05) is 6.61 Å². The summed E-state index contributed by atoms with van der Waals surface area (Å²) in [4.78, 5) is 11.4. The van der Waals surface area contributed by atoms with Crippen LogP contribution in [0, 0.1) is 5.92 Å². The SMILES string of the molecule is CC(C)C(CO)NC(=O)c1nn[nH]n1. The van der Waals surface area contributed by atoms with E-state index in [9.17, 15) is 4.79 Å². The molecule has 0 fully saturated rings. The molecule has 1 amide bonds. The number of amides is 1. The maximum absolute atomic E-state index is 11.4. The van der Waals surface area contributed by atoms with Crippen molar-refractivity contribution >= 4 is 5.91 Å². The van der Waals surface area contributed by atoms with Crippen LogP contribution in [0.5, 0.6) is 0 Å². The number of nitrogens with zero attached hydrogens (tertiary/aromatic N) is 3. The molecule has 0 saturated heterocycles. The van der Waals surface area contributed by atoms with Crippen molar-refractivity contribution in [3.8, 4) is 0 Å². The highest BCUT2D eigenvalue weighted by atomic mass is 16.3. The molecule has 7 nitrogen and oxygen atoms in total. The van der Waals surface area contributed by atoms with Gasteiger partial charge in [0.2, 0.25) is 0 Å². The summed E-state index contributed by atoms with van der Waals surface area (Å²) in [6.07, 6.45) is 0. The normalized spacial score (nSPS) is 12.9. The Bertz CT molecular complexity index is 284. The Hall–Kier alpha value is -1.50. The van der Waals surface area contributed by atoms with Gasteiger partial charge in [0.1, 0.15) is 0 Å². The Morgan fingerprint density at radius 3 is 2.79 bits per heavy atom. The van der Waals surface area contributed by atoms with E-state index >= 15 is 0 Å². The highest BCUT2D eigenvalue weighted by Gasteiger charge is 2.18. The third-order valence-electron chi connectivity index (χ3n) is 1.87. The fourth-order valence-corrected chi connectivity index (χ4v) is 0.914. The van der Waals surface area contributed by atoms with Gasteiger partial charge in [-0.15, -0.1) is 10.2 Å². The van der Waals surface area contributed by atoms with Crippen molar-refractivity contribution in [3.05, 3.63) is 5.82 Å². The zero-order valence-electron chi connectivity index (χ0n) is 8.06. The molecule has 1 aromatic heterocycles. The van der Waals surface area contributed by atoms with Crippen molar-refractivity contribution in [2.24, 2.45) is 5.92 Å². The maximum atomic E-state index is 11.4. The minimum atomic E-state index is -0.438. The van der Waals surface area contributed by atoms with Gasteiger partial charge in [0.15, 0.2) is 0 Å². The Morgan fingerprint density at radius 2 is 2.36 bits per heavy atom. The molecule has 0 saturated carbocycles. The summed E-state index contributed by atoms with van der Waals surface area (Å²) < 4.78 is 0. The van der Waals surface area contributed by atoms with Crippen LogP contribution in [0.4, 0.5) is 0 Å². The van der Waals surface area contributed by atoms with Crippen LogP contribution in [0.1, 0.15) is 24.5 Å². The number of aromatic amines is 1. The standard InChI is InChI=1S/C7H13N5O2/c1-4(2)5(3-13)8-7(14)6-9-11-12-10-6/h4-5,13H,3H2,1-2H3,(H,8,14)(H,9,10,11,12). The molecular weight excluding hydrogens is 186 g/mol. The van der Waals surface area contributed by atoms with E-state index in [1.807, 2.05) is 13.8 Å². The zero-order valence-corrected chi connectivity index (χ0v) is 8.06. The Labute approximate surface area is 80.9 Å². The van der Waals surface area contributed by atoms with Crippen molar-refractivity contribution < 1.29 is 9.90 Å². The third-order valence-corrected chi connectivity index (χ3v) is 1.87. The molecular formula is C7H13N5O2. The number of rotatable bonds is 4. The predicted molar refractivity (Wildman–Crippen MR) is 47.4 cm³/mol. The smallest absolute Gasteiger partial charge is 0.293 e. The van der Waals surface area contributed by atoms with Crippen LogP contribution in [0.3, 0.4) is 0 Å². The molecule has 0 radical (unpaired) electrons. The number of carbonyl (C=O) groups excluding carboxylic acids is 1. The van der Waals surface area contributed by atoms with Crippen molar-refractivity contribution in [1.82, 2.24) is 25.9 Å². The van der Waals surface area contributed by atoms with Crippen LogP contribution in [0.2, 0.25) is 0 Å². The Kier molecular flexibility index (Phi) is 3.52. The van der Waals surface area contributed by atoms with Crippen LogP contribution >= 0.6 is 0 Å². The summed E-state index contributed by atoms with van der Waals surface area (Å²) in [6, 6.07) is -0.291. The van der Waals surface area contributed by atoms with Crippen LogP contribution < -0.4 is 5.32 Å². The van der Waals surface area contributed by atoms with Gasteiger partial charge in [-0.05, 0) is 11.1 Å². The second kappa shape index (κ2) is 4.66. The van der Waals surface area contributed by atoms with Crippen molar-refractivity contribution in [3.63, 3.8) is 0 Å². The monoisotopic (exact) mass is 199 g/mol. The predicted octanol–water partition coefficient (Wildman–Crippen LogP) is -1.05. The zero-order chi connectivity index (χ0) is 10.6. The van der Waals surface area contributed by atoms with Crippen LogP contribution in [0.15, 0.2) is 0 Å². The second-order valence-electron chi connectivity index (χ2n) is 3.24. The van der Waals surface area contributed by atoms with Gasteiger partial charge in [0.25, 0.3) is 11.7 Å². The number of carbonyl (C=O) groups is 1. The average Bonchev–Trinajstić information content (AvgIpc) is 2.65. The quantitative estimate of drug-likeness (QED) is 0.573. The molecule has 1 rings (SSSR count). The lowest BCUT2D eigenvalue weighted by Crippen LogP contribution is -2.41. The molecule has 0 spiro atoms. The van der Waals surface area contributed by atoms with Gasteiger partial charge in [0.05, 0.1) is 12.6 Å². The topological polar surface area (TPSA) is 104 Å². The first-order chi connectivity index (χ1) is 6.65. The van der Waals surface area contributed by atoms with E-state index in [0.717, 1.165) is 0 Å². The van der Waals surface area contributed by atoms with E-state index in [4.69, 9.17) is 5.11 Å². The number of aromatic nitrogens is 4. The minimum absolute atomic E-state index is 0.0240. The van der Waals surface area contributed by atoms with Gasteiger partial charge in [0, 0.05) is 0 Å². The van der Waals surface area contributed by atoms with E-state index in [1.54, 1.807) is 0 Å². The van der Waals surface area contributed by atoms with E-state index < -0.39 is 5.91 Å². The van der Waals surface area contributed by atoms with Crippen LogP contribution in [-0.4, -0.2) is 44.3 Å².